The van der Waals surface area contributed by atoms with Gasteiger partial charge in [0, 0.05) is 23.5 Å². The number of aromatic nitrogens is 2. The number of ether oxygens (including phenoxy) is 1. The van der Waals surface area contributed by atoms with Crippen molar-refractivity contribution in [1.29, 1.82) is 5.41 Å². The Morgan fingerprint density at radius 1 is 1.20 bits per heavy atom. The number of hydrogen-bond acceptors (Lipinski definition) is 7. The lowest BCUT2D eigenvalue weighted by Gasteiger charge is -2.23. The number of H-pyrrole nitrogens is 1. The van der Waals surface area contributed by atoms with Gasteiger partial charge in [-0.05, 0) is 77.5 Å². The van der Waals surface area contributed by atoms with Crippen molar-refractivity contribution in [1.82, 2.24) is 9.97 Å². The Morgan fingerprint density at radius 2 is 1.93 bits per heavy atom. The van der Waals surface area contributed by atoms with Gasteiger partial charge in [0.25, 0.3) is 0 Å². The molecular formula is C30H30F2N4O4. The third-order valence-electron chi connectivity index (χ3n) is 5.93. The fraction of sp³-hybridized carbons (Fsp3) is 0.267. The number of carbonyl (C=O) groups is 1. The van der Waals surface area contributed by atoms with E-state index in [0.29, 0.717) is 16.8 Å². The van der Waals surface area contributed by atoms with E-state index in [9.17, 15) is 18.4 Å². The number of allylic oxidation sites excluding steroid dienone is 1. The maximum Gasteiger partial charge on any atom is 0.343 e. The second-order valence-electron chi connectivity index (χ2n) is 10.6. The first-order valence-corrected chi connectivity index (χ1v) is 12.6. The average Bonchev–Trinajstić information content (AvgIpc) is 3.28. The fourth-order valence-corrected chi connectivity index (χ4v) is 4.16. The van der Waals surface area contributed by atoms with Crippen molar-refractivity contribution >= 4 is 34.4 Å². The summed E-state index contributed by atoms with van der Waals surface area (Å²) in [4.78, 5) is 33.1. The first kappa shape index (κ1) is 28.4. The maximum absolute atomic E-state index is 14.8. The number of hydrogen-bond donors (Lipinski definition) is 3. The van der Waals surface area contributed by atoms with E-state index in [0.717, 1.165) is 17.3 Å². The summed E-state index contributed by atoms with van der Waals surface area (Å²) in [5.41, 5.74) is 0.487. The fourth-order valence-electron chi connectivity index (χ4n) is 4.16. The van der Waals surface area contributed by atoms with Gasteiger partial charge in [-0.15, -0.1) is 0 Å². The summed E-state index contributed by atoms with van der Waals surface area (Å²) in [6.07, 6.45) is 4.72. The lowest BCUT2D eigenvalue weighted by molar-refractivity contribution is 0.00648. The zero-order valence-corrected chi connectivity index (χ0v) is 23.0. The van der Waals surface area contributed by atoms with Gasteiger partial charge in [0.15, 0.2) is 22.8 Å². The van der Waals surface area contributed by atoms with E-state index < -0.39 is 34.8 Å². The lowest BCUT2D eigenvalue weighted by Crippen LogP contribution is -2.26. The van der Waals surface area contributed by atoms with Crippen LogP contribution in [0.4, 0.5) is 14.5 Å². The molecular weight excluding hydrogens is 518 g/mol. The largest absolute Gasteiger partial charge is 0.456 e. The Balaban J connectivity index is 1.75. The average molecular weight is 549 g/mol. The molecule has 2 aromatic heterocycles. The van der Waals surface area contributed by atoms with Gasteiger partial charge in [-0.1, -0.05) is 6.07 Å². The molecule has 0 spiro atoms. The van der Waals surface area contributed by atoms with Crippen LogP contribution in [0, 0.1) is 30.9 Å². The Bertz CT molecular complexity index is 1710. The van der Waals surface area contributed by atoms with Crippen LogP contribution in [0.25, 0.3) is 17.0 Å². The van der Waals surface area contributed by atoms with Gasteiger partial charge in [-0.2, -0.15) is 0 Å². The third-order valence-corrected chi connectivity index (χ3v) is 5.93. The van der Waals surface area contributed by atoms with Gasteiger partial charge >= 0.3 is 5.97 Å². The highest BCUT2D eigenvalue weighted by Crippen LogP contribution is 2.31. The normalized spacial score (nSPS) is 12.6. The van der Waals surface area contributed by atoms with E-state index in [2.05, 4.69) is 15.3 Å². The van der Waals surface area contributed by atoms with E-state index >= 15 is 0 Å². The van der Waals surface area contributed by atoms with E-state index in [-0.39, 0.29) is 28.2 Å². The minimum absolute atomic E-state index is 0.0122. The second-order valence-corrected chi connectivity index (χ2v) is 10.6. The van der Waals surface area contributed by atoms with Crippen molar-refractivity contribution in [2.24, 2.45) is 0 Å². The van der Waals surface area contributed by atoms with Crippen molar-refractivity contribution in [3.05, 3.63) is 98.4 Å². The van der Waals surface area contributed by atoms with E-state index in [1.807, 2.05) is 13.8 Å². The quantitative estimate of drug-likeness (QED) is 0.176. The van der Waals surface area contributed by atoms with Gasteiger partial charge in [-0.3, -0.25) is 10.2 Å². The molecule has 0 aliphatic rings. The van der Waals surface area contributed by atoms with Crippen LogP contribution < -0.4 is 10.7 Å². The molecule has 10 heteroatoms. The second kappa shape index (κ2) is 10.9. The van der Waals surface area contributed by atoms with Crippen molar-refractivity contribution in [3.63, 3.8) is 0 Å². The number of rotatable bonds is 7. The molecule has 2 heterocycles. The van der Waals surface area contributed by atoms with Gasteiger partial charge in [0.05, 0.1) is 22.8 Å². The Kier molecular flexibility index (Phi) is 7.72. The van der Waals surface area contributed by atoms with Gasteiger partial charge in [0.1, 0.15) is 22.6 Å². The number of esters is 1. The van der Waals surface area contributed by atoms with Crippen LogP contribution in [0.2, 0.25) is 0 Å². The monoisotopic (exact) mass is 548 g/mol. The highest BCUT2D eigenvalue weighted by Gasteiger charge is 2.27. The Hall–Kier alpha value is -4.60. The number of benzene rings is 2. The SMILES string of the molecule is Cc1cc(C(C)Nc2ccc(F)c(F)c2C(=O)OC(C)(C)C)c2oc(C(=N)/C=C\c3ncc(C)[nH]3)cc(=O)c2c1. The number of carbonyl (C=O) groups excluding carboxylic acids is 1. The summed E-state index contributed by atoms with van der Waals surface area (Å²) in [5.74, 6) is -2.95. The summed E-state index contributed by atoms with van der Waals surface area (Å²) < 4.78 is 40.3. The van der Waals surface area contributed by atoms with Crippen LogP contribution in [-0.4, -0.2) is 27.2 Å². The molecule has 0 aliphatic heterocycles. The summed E-state index contributed by atoms with van der Waals surface area (Å²) in [6, 6.07) is 6.24. The molecule has 4 rings (SSSR count). The number of fused-ring (bicyclic) bond motifs is 1. The molecule has 0 saturated carbocycles. The molecule has 4 aromatic rings. The smallest absolute Gasteiger partial charge is 0.343 e. The van der Waals surface area contributed by atoms with Crippen LogP contribution in [0.5, 0.6) is 0 Å². The zero-order valence-electron chi connectivity index (χ0n) is 23.0. The standard InChI is InChI=1S/C30H30F2N4O4/c1-15-11-18(17(3)36-22-9-7-20(31)27(32)26(22)29(38)40-30(4,5)6)28-19(12-15)23(37)13-24(39-28)21(33)8-10-25-34-14-16(2)35-25/h7-14,17,33,36H,1-6H3,(H,34,35)/b10-8-,33-21?. The number of aryl methyl sites for hydroxylation is 2. The maximum atomic E-state index is 14.8. The van der Waals surface area contributed by atoms with Crippen molar-refractivity contribution in [3.8, 4) is 0 Å². The minimum Gasteiger partial charge on any atom is -0.456 e. The number of anilines is 1. The number of imidazole rings is 1. The lowest BCUT2D eigenvalue weighted by atomic mass is 10.00. The highest BCUT2D eigenvalue weighted by atomic mass is 19.2. The molecule has 3 N–H and O–H groups in total. The van der Waals surface area contributed by atoms with Crippen LogP contribution >= 0.6 is 0 Å². The summed E-state index contributed by atoms with van der Waals surface area (Å²) >= 11 is 0. The van der Waals surface area contributed by atoms with Crippen LogP contribution in [-0.2, 0) is 4.74 Å². The van der Waals surface area contributed by atoms with Crippen molar-refractivity contribution in [2.75, 3.05) is 5.32 Å². The number of nitrogens with zero attached hydrogens (tertiary/aromatic N) is 1. The molecule has 0 saturated heterocycles. The van der Waals surface area contributed by atoms with Crippen LogP contribution in [0.15, 0.2) is 51.8 Å². The third kappa shape index (κ3) is 6.17. The van der Waals surface area contributed by atoms with Crippen molar-refractivity contribution in [2.45, 2.75) is 53.2 Å². The summed E-state index contributed by atoms with van der Waals surface area (Å²) in [5, 5.41) is 11.8. The molecule has 0 radical (unpaired) electrons. The molecule has 0 aliphatic carbocycles. The van der Waals surface area contributed by atoms with E-state index in [1.165, 1.54) is 18.2 Å². The Labute approximate surface area is 229 Å². The summed E-state index contributed by atoms with van der Waals surface area (Å²) in [6.45, 7) is 10.3. The number of aromatic amines is 1. The van der Waals surface area contributed by atoms with E-state index in [4.69, 9.17) is 14.6 Å². The predicted octanol–water partition coefficient (Wildman–Crippen LogP) is 6.62. The molecule has 1 atom stereocenters. The molecule has 0 fully saturated rings. The summed E-state index contributed by atoms with van der Waals surface area (Å²) in [7, 11) is 0. The molecule has 2 aromatic carbocycles. The first-order chi connectivity index (χ1) is 18.7. The Morgan fingerprint density at radius 3 is 2.58 bits per heavy atom. The molecule has 0 amide bonds. The van der Waals surface area contributed by atoms with Gasteiger partial charge in [0.2, 0.25) is 0 Å². The van der Waals surface area contributed by atoms with Gasteiger partial charge in [-0.25, -0.2) is 18.6 Å². The predicted molar refractivity (Wildman–Crippen MR) is 150 cm³/mol. The molecule has 8 nitrogen and oxygen atoms in total. The molecule has 40 heavy (non-hydrogen) atoms. The van der Waals surface area contributed by atoms with Gasteiger partial charge < -0.3 is 19.5 Å². The van der Waals surface area contributed by atoms with Crippen molar-refractivity contribution < 1.29 is 22.7 Å². The topological polar surface area (TPSA) is 121 Å². The minimum atomic E-state index is -1.33. The number of halogens is 2. The van der Waals surface area contributed by atoms with Crippen LogP contribution in [0.3, 0.4) is 0 Å². The zero-order chi connectivity index (χ0) is 29.4. The molecule has 208 valence electrons. The number of nitrogens with one attached hydrogen (secondary N) is 3. The molecule has 1 unspecified atom stereocenters. The first-order valence-electron chi connectivity index (χ1n) is 12.6. The highest BCUT2D eigenvalue weighted by molar-refractivity contribution is 6.07. The van der Waals surface area contributed by atoms with Crippen LogP contribution in [0.1, 0.15) is 72.5 Å². The molecule has 0 bridgehead atoms. The van der Waals surface area contributed by atoms with E-state index in [1.54, 1.807) is 52.1 Å².